The normalized spacial score (nSPS) is 10.1. The summed E-state index contributed by atoms with van der Waals surface area (Å²) in [5, 5.41) is 6.83. The van der Waals surface area contributed by atoms with Crippen LogP contribution in [0, 0.1) is 13.8 Å². The molecule has 0 fully saturated rings. The van der Waals surface area contributed by atoms with Crippen molar-refractivity contribution in [3.05, 3.63) is 17.0 Å². The van der Waals surface area contributed by atoms with Crippen molar-refractivity contribution in [2.75, 3.05) is 5.33 Å². The lowest BCUT2D eigenvalue weighted by Gasteiger charge is -2.01. The Labute approximate surface area is 84.8 Å². The highest BCUT2D eigenvalue weighted by Crippen LogP contribution is 2.11. The van der Waals surface area contributed by atoms with Gasteiger partial charge in [0.1, 0.15) is 5.76 Å². The second-order valence-corrected chi connectivity index (χ2v) is 3.27. The lowest BCUT2D eigenvalue weighted by molar-refractivity contribution is -0.118. The largest absolute Gasteiger partial charge is 0.361 e. The average Bonchev–Trinajstić information content (AvgIpc) is 2.43. The van der Waals surface area contributed by atoms with Crippen LogP contribution in [0.1, 0.15) is 17.0 Å². The zero-order chi connectivity index (χ0) is 9.84. The number of hydrogen-bond acceptors (Lipinski definition) is 3. The van der Waals surface area contributed by atoms with Gasteiger partial charge in [-0.3, -0.25) is 4.79 Å². The van der Waals surface area contributed by atoms with E-state index in [-0.39, 0.29) is 5.91 Å². The first-order chi connectivity index (χ1) is 6.15. The maximum atomic E-state index is 10.9. The van der Waals surface area contributed by atoms with E-state index in [1.54, 1.807) is 0 Å². The number of rotatable bonds is 3. The molecule has 4 nitrogen and oxygen atoms in total. The van der Waals surface area contributed by atoms with E-state index in [2.05, 4.69) is 26.4 Å². The van der Waals surface area contributed by atoms with Gasteiger partial charge in [0.05, 0.1) is 11.0 Å². The molecule has 0 bridgehead atoms. The molecule has 1 rings (SSSR count). The van der Waals surface area contributed by atoms with Crippen LogP contribution < -0.4 is 5.32 Å². The predicted octanol–water partition coefficient (Wildman–Crippen LogP) is 1.30. The van der Waals surface area contributed by atoms with E-state index in [0.717, 1.165) is 17.0 Å². The lowest BCUT2D eigenvalue weighted by atomic mass is 10.2. The van der Waals surface area contributed by atoms with Gasteiger partial charge >= 0.3 is 0 Å². The molecule has 1 amide bonds. The summed E-state index contributed by atoms with van der Waals surface area (Å²) in [7, 11) is 0. The Kier molecular flexibility index (Phi) is 3.48. The van der Waals surface area contributed by atoms with E-state index in [1.165, 1.54) is 0 Å². The van der Waals surface area contributed by atoms with Crippen LogP contribution in [-0.2, 0) is 11.3 Å². The van der Waals surface area contributed by atoms with Gasteiger partial charge in [-0.25, -0.2) is 0 Å². The molecule has 13 heavy (non-hydrogen) atoms. The number of halogens is 1. The standard InChI is InChI=1S/C8H11BrN2O2/c1-5-7(6(2)13-11-5)4-10-8(12)3-9/h3-4H2,1-2H3,(H,10,12). The van der Waals surface area contributed by atoms with Gasteiger partial charge in [0.2, 0.25) is 5.91 Å². The Morgan fingerprint density at radius 1 is 1.62 bits per heavy atom. The number of amides is 1. The highest BCUT2D eigenvalue weighted by Gasteiger charge is 2.09. The SMILES string of the molecule is Cc1noc(C)c1CNC(=O)CBr. The van der Waals surface area contributed by atoms with Crippen molar-refractivity contribution in [3.8, 4) is 0 Å². The number of aromatic nitrogens is 1. The third-order valence-electron chi connectivity index (χ3n) is 1.76. The second-order valence-electron chi connectivity index (χ2n) is 2.71. The third-order valence-corrected chi connectivity index (χ3v) is 2.27. The van der Waals surface area contributed by atoms with Crippen LogP contribution in [0.3, 0.4) is 0 Å². The summed E-state index contributed by atoms with van der Waals surface area (Å²) < 4.78 is 4.95. The molecule has 0 unspecified atom stereocenters. The summed E-state index contributed by atoms with van der Waals surface area (Å²) in [6.07, 6.45) is 0. The van der Waals surface area contributed by atoms with Crippen molar-refractivity contribution >= 4 is 21.8 Å². The molecule has 0 saturated heterocycles. The zero-order valence-corrected chi connectivity index (χ0v) is 9.14. The molecule has 5 heteroatoms. The Balaban J connectivity index is 2.58. The maximum Gasteiger partial charge on any atom is 0.230 e. The molecule has 1 aromatic rings. The molecule has 1 heterocycles. The van der Waals surface area contributed by atoms with Crippen molar-refractivity contribution in [2.45, 2.75) is 20.4 Å². The fraction of sp³-hybridized carbons (Fsp3) is 0.500. The summed E-state index contributed by atoms with van der Waals surface area (Å²) in [6, 6.07) is 0. The van der Waals surface area contributed by atoms with Crippen molar-refractivity contribution < 1.29 is 9.32 Å². The van der Waals surface area contributed by atoms with Gasteiger partial charge in [-0.2, -0.15) is 0 Å². The van der Waals surface area contributed by atoms with Crippen LogP contribution in [0.25, 0.3) is 0 Å². The van der Waals surface area contributed by atoms with Gasteiger partial charge in [-0.1, -0.05) is 21.1 Å². The van der Waals surface area contributed by atoms with Gasteiger partial charge in [-0.15, -0.1) is 0 Å². The molecule has 0 atom stereocenters. The molecular formula is C8H11BrN2O2. The van der Waals surface area contributed by atoms with E-state index < -0.39 is 0 Å². The summed E-state index contributed by atoms with van der Waals surface area (Å²) in [4.78, 5) is 10.9. The van der Waals surface area contributed by atoms with Crippen molar-refractivity contribution in [3.63, 3.8) is 0 Å². The molecule has 0 aromatic carbocycles. The quantitative estimate of drug-likeness (QED) is 0.819. The molecule has 0 aliphatic carbocycles. The smallest absolute Gasteiger partial charge is 0.230 e. The van der Waals surface area contributed by atoms with Gasteiger partial charge in [0, 0.05) is 12.1 Å². The molecule has 0 aliphatic rings. The molecule has 0 aliphatic heterocycles. The first-order valence-electron chi connectivity index (χ1n) is 3.89. The summed E-state index contributed by atoms with van der Waals surface area (Å²) in [5.74, 6) is 0.715. The fourth-order valence-electron chi connectivity index (χ4n) is 0.988. The van der Waals surface area contributed by atoms with E-state index in [0.29, 0.717) is 11.9 Å². The molecule has 1 N–H and O–H groups in total. The van der Waals surface area contributed by atoms with E-state index >= 15 is 0 Å². The minimum Gasteiger partial charge on any atom is -0.361 e. The van der Waals surface area contributed by atoms with Gasteiger partial charge in [-0.05, 0) is 13.8 Å². The minimum absolute atomic E-state index is 0.0417. The second kappa shape index (κ2) is 4.41. The number of carbonyl (C=O) groups excluding carboxylic acids is 1. The number of nitrogens with zero attached hydrogens (tertiary/aromatic N) is 1. The van der Waals surface area contributed by atoms with Crippen LogP contribution in [-0.4, -0.2) is 16.4 Å². The highest BCUT2D eigenvalue weighted by atomic mass is 79.9. The van der Waals surface area contributed by atoms with Crippen LogP contribution in [0.5, 0.6) is 0 Å². The summed E-state index contributed by atoms with van der Waals surface area (Å²) in [5.41, 5.74) is 1.78. The van der Waals surface area contributed by atoms with Crippen LogP contribution >= 0.6 is 15.9 Å². The molecule has 0 spiro atoms. The Hall–Kier alpha value is -0.840. The molecule has 72 valence electrons. The Bertz CT molecular complexity index is 290. The predicted molar refractivity (Wildman–Crippen MR) is 51.6 cm³/mol. The first-order valence-corrected chi connectivity index (χ1v) is 5.01. The van der Waals surface area contributed by atoms with E-state index in [4.69, 9.17) is 4.52 Å². The monoisotopic (exact) mass is 246 g/mol. The topological polar surface area (TPSA) is 55.1 Å². The lowest BCUT2D eigenvalue weighted by Crippen LogP contribution is -2.23. The summed E-state index contributed by atoms with van der Waals surface area (Å²) in [6.45, 7) is 4.16. The minimum atomic E-state index is -0.0417. The van der Waals surface area contributed by atoms with Crippen molar-refractivity contribution in [2.24, 2.45) is 0 Å². The van der Waals surface area contributed by atoms with Crippen LogP contribution in [0.2, 0.25) is 0 Å². The van der Waals surface area contributed by atoms with Crippen LogP contribution in [0.15, 0.2) is 4.52 Å². The van der Waals surface area contributed by atoms with Crippen molar-refractivity contribution in [1.29, 1.82) is 0 Å². The molecule has 1 aromatic heterocycles. The van der Waals surface area contributed by atoms with E-state index in [9.17, 15) is 4.79 Å². The number of alkyl halides is 1. The average molecular weight is 247 g/mol. The number of aryl methyl sites for hydroxylation is 2. The zero-order valence-electron chi connectivity index (χ0n) is 7.56. The Morgan fingerprint density at radius 2 is 2.31 bits per heavy atom. The summed E-state index contributed by atoms with van der Waals surface area (Å²) >= 11 is 3.06. The van der Waals surface area contributed by atoms with Gasteiger partial charge < -0.3 is 9.84 Å². The Morgan fingerprint density at radius 3 is 2.77 bits per heavy atom. The fourth-order valence-corrected chi connectivity index (χ4v) is 1.19. The van der Waals surface area contributed by atoms with Gasteiger partial charge in [0.15, 0.2) is 0 Å². The van der Waals surface area contributed by atoms with Crippen LogP contribution in [0.4, 0.5) is 0 Å². The van der Waals surface area contributed by atoms with Crippen molar-refractivity contribution in [1.82, 2.24) is 10.5 Å². The highest BCUT2D eigenvalue weighted by molar-refractivity contribution is 9.09. The first kappa shape index (κ1) is 10.2. The number of carbonyl (C=O) groups is 1. The van der Waals surface area contributed by atoms with E-state index in [1.807, 2.05) is 13.8 Å². The number of nitrogens with one attached hydrogen (secondary N) is 1. The van der Waals surface area contributed by atoms with Gasteiger partial charge in [0.25, 0.3) is 0 Å². The molecule has 0 saturated carbocycles. The number of hydrogen-bond donors (Lipinski definition) is 1. The third kappa shape index (κ3) is 2.55. The molecular weight excluding hydrogens is 236 g/mol. The molecule has 0 radical (unpaired) electrons. The maximum absolute atomic E-state index is 10.9.